The first-order chi connectivity index (χ1) is 27.7. The molecular weight excluding hydrogens is 785 g/mol. The summed E-state index contributed by atoms with van der Waals surface area (Å²) in [6.07, 6.45) is 3.89. The number of carboxylic acid groups (broad SMARTS) is 1. The third-order valence-corrected chi connectivity index (χ3v) is 10.9. The van der Waals surface area contributed by atoms with Crippen molar-refractivity contribution < 1.29 is 47.4 Å². The number of likely N-dealkylation sites (tertiary alicyclic amines) is 1. The van der Waals surface area contributed by atoms with Crippen molar-refractivity contribution in [2.75, 3.05) is 37.7 Å². The Morgan fingerprint density at radius 1 is 0.983 bits per heavy atom. The van der Waals surface area contributed by atoms with Crippen LogP contribution in [0.1, 0.15) is 65.3 Å². The number of halogens is 2. The first-order valence-electron chi connectivity index (χ1n) is 19.3. The van der Waals surface area contributed by atoms with E-state index in [1.807, 2.05) is 55.7 Å². The lowest BCUT2D eigenvalue weighted by atomic mass is 9.82. The summed E-state index contributed by atoms with van der Waals surface area (Å²) in [6.45, 7) is 11.9. The summed E-state index contributed by atoms with van der Waals surface area (Å²) >= 11 is 0.988. The predicted molar refractivity (Wildman–Crippen MR) is 218 cm³/mol. The molecule has 3 heterocycles. The summed E-state index contributed by atoms with van der Waals surface area (Å²) in [5.41, 5.74) is 0.676. The van der Waals surface area contributed by atoms with Gasteiger partial charge in [0.25, 0.3) is 11.8 Å². The number of carbonyl (C=O) groups is 6. The number of benzene rings is 2. The van der Waals surface area contributed by atoms with Crippen molar-refractivity contribution in [2.45, 2.75) is 72.2 Å². The van der Waals surface area contributed by atoms with Crippen LogP contribution in [-0.2, 0) is 35.3 Å². The third-order valence-electron chi connectivity index (χ3n) is 9.84. The third kappa shape index (κ3) is 11.8. The second kappa shape index (κ2) is 18.6. The van der Waals surface area contributed by atoms with Gasteiger partial charge in [-0.15, -0.1) is 11.8 Å². The van der Waals surface area contributed by atoms with Gasteiger partial charge in [0.15, 0.2) is 0 Å². The van der Waals surface area contributed by atoms with Crippen molar-refractivity contribution in [3.8, 4) is 11.1 Å². The van der Waals surface area contributed by atoms with Gasteiger partial charge in [0, 0.05) is 67.1 Å². The van der Waals surface area contributed by atoms with E-state index >= 15 is 4.39 Å². The predicted octanol–water partition coefficient (Wildman–Crippen LogP) is 5.88. The molecule has 59 heavy (non-hydrogen) atoms. The molecule has 0 aliphatic carbocycles. The number of thioether (sulfide) groups is 1. The number of amides is 5. The molecule has 16 heteroatoms. The topological polar surface area (TPSA) is 159 Å². The van der Waals surface area contributed by atoms with Crippen LogP contribution in [-0.4, -0.2) is 109 Å². The zero-order chi connectivity index (χ0) is 43.2. The first kappa shape index (κ1) is 44.6. The Labute approximate surface area is 346 Å². The Hall–Kier alpha value is -5.51. The average molecular weight is 836 g/mol. The minimum atomic E-state index is -1.45. The summed E-state index contributed by atoms with van der Waals surface area (Å²) in [4.78, 5) is 80.5. The van der Waals surface area contributed by atoms with E-state index in [0.717, 1.165) is 47.7 Å². The average Bonchev–Trinajstić information content (AvgIpc) is 3.87. The van der Waals surface area contributed by atoms with E-state index in [-0.39, 0.29) is 35.4 Å². The highest BCUT2D eigenvalue weighted by Crippen LogP contribution is 2.42. The van der Waals surface area contributed by atoms with Gasteiger partial charge >= 0.3 is 12.1 Å². The Bertz CT molecular complexity index is 2080. The lowest BCUT2D eigenvalue weighted by molar-refractivity contribution is -0.143. The first-order valence-corrected chi connectivity index (χ1v) is 20.5. The molecule has 2 aliphatic heterocycles. The summed E-state index contributed by atoms with van der Waals surface area (Å²) in [5.74, 6) is -5.78. The Morgan fingerprint density at radius 3 is 2.29 bits per heavy atom. The summed E-state index contributed by atoms with van der Waals surface area (Å²) in [6, 6.07) is 12.5. The highest BCUT2D eigenvalue weighted by atomic mass is 32.2. The quantitative estimate of drug-likeness (QED) is 0.178. The zero-order valence-corrected chi connectivity index (χ0v) is 34.9. The maximum Gasteiger partial charge on any atom is 0.410 e. The van der Waals surface area contributed by atoms with E-state index in [1.165, 1.54) is 0 Å². The van der Waals surface area contributed by atoms with Crippen LogP contribution in [0.3, 0.4) is 0 Å². The van der Waals surface area contributed by atoms with Crippen LogP contribution >= 0.6 is 11.8 Å². The van der Waals surface area contributed by atoms with Crippen molar-refractivity contribution in [1.82, 2.24) is 24.6 Å². The van der Waals surface area contributed by atoms with Gasteiger partial charge in [0.1, 0.15) is 29.8 Å². The molecule has 5 rings (SSSR count). The number of carbonyl (C=O) groups excluding carboxylic acids is 5. The van der Waals surface area contributed by atoms with Gasteiger partial charge in [-0.25, -0.2) is 18.4 Å². The molecule has 1 fully saturated rings. The molecule has 2 N–H and O–H groups in total. The molecular formula is C43H51F2N5O8S. The molecule has 0 radical (unpaired) electrons. The van der Waals surface area contributed by atoms with Gasteiger partial charge in [0.05, 0.1) is 11.8 Å². The Kier molecular flexibility index (Phi) is 14.1. The fourth-order valence-electron chi connectivity index (χ4n) is 7.21. The number of imide groups is 1. The molecule has 0 saturated carbocycles. The van der Waals surface area contributed by atoms with E-state index in [9.17, 15) is 38.3 Å². The second-order valence-corrected chi connectivity index (χ2v) is 17.9. The number of nitrogens with one attached hydrogen (secondary N) is 1. The van der Waals surface area contributed by atoms with E-state index in [1.54, 1.807) is 42.8 Å². The molecule has 1 aromatic heterocycles. The molecule has 3 aromatic rings. The molecule has 0 bridgehead atoms. The smallest absolute Gasteiger partial charge is 0.410 e. The molecule has 316 valence electrons. The summed E-state index contributed by atoms with van der Waals surface area (Å²) in [5, 5.41) is 12.3. The minimum absolute atomic E-state index is 0.0550. The minimum Gasteiger partial charge on any atom is -0.480 e. The van der Waals surface area contributed by atoms with Gasteiger partial charge < -0.3 is 29.5 Å². The SMILES string of the molecule is CC(C)(C)OC(=O)N1CCC(CN(C(=O)CSC[C@H](NC(=O)CN2C(=O)C=CC2=O)C(=O)O)[C@@H](c2cc(-c3cc(F)ccc3F)cn2Cc2ccccc2)C(C)(C)C)C1. The monoisotopic (exact) mass is 835 g/mol. The largest absolute Gasteiger partial charge is 0.480 e. The van der Waals surface area contributed by atoms with Crippen LogP contribution in [0.25, 0.3) is 11.1 Å². The zero-order valence-electron chi connectivity index (χ0n) is 34.1. The van der Waals surface area contributed by atoms with E-state index < -0.39 is 71.1 Å². The van der Waals surface area contributed by atoms with Gasteiger partial charge in [-0.05, 0) is 68.4 Å². The molecule has 2 aliphatic rings. The van der Waals surface area contributed by atoms with Crippen molar-refractivity contribution in [3.63, 3.8) is 0 Å². The van der Waals surface area contributed by atoms with Gasteiger partial charge in [-0.3, -0.25) is 24.1 Å². The molecule has 2 aromatic carbocycles. The molecule has 1 unspecified atom stereocenters. The van der Waals surface area contributed by atoms with E-state index in [0.29, 0.717) is 42.2 Å². The van der Waals surface area contributed by atoms with Crippen LogP contribution in [0.2, 0.25) is 0 Å². The number of carboxylic acids is 1. The fourth-order valence-corrected chi connectivity index (χ4v) is 8.13. The van der Waals surface area contributed by atoms with Crippen LogP contribution in [0, 0.1) is 23.0 Å². The van der Waals surface area contributed by atoms with E-state index in [4.69, 9.17) is 4.74 Å². The van der Waals surface area contributed by atoms with Gasteiger partial charge in [-0.1, -0.05) is 51.1 Å². The van der Waals surface area contributed by atoms with Crippen LogP contribution in [0.4, 0.5) is 13.6 Å². The summed E-state index contributed by atoms with van der Waals surface area (Å²) in [7, 11) is 0. The maximum atomic E-state index is 15.3. The number of ether oxygens (including phenoxy) is 1. The molecule has 3 atom stereocenters. The van der Waals surface area contributed by atoms with Gasteiger partial charge in [0.2, 0.25) is 11.8 Å². The number of nitrogens with zero attached hydrogens (tertiary/aromatic N) is 4. The maximum absolute atomic E-state index is 15.3. The van der Waals surface area contributed by atoms with Crippen molar-refractivity contribution in [3.05, 3.63) is 95.8 Å². The van der Waals surface area contributed by atoms with E-state index in [2.05, 4.69) is 5.32 Å². The van der Waals surface area contributed by atoms with Crippen molar-refractivity contribution >= 4 is 47.5 Å². The highest BCUT2D eigenvalue weighted by molar-refractivity contribution is 8.00. The van der Waals surface area contributed by atoms with Crippen LogP contribution in [0.15, 0.2) is 72.9 Å². The Balaban J connectivity index is 1.47. The Morgan fingerprint density at radius 2 is 1.66 bits per heavy atom. The summed E-state index contributed by atoms with van der Waals surface area (Å²) < 4.78 is 37.4. The molecule has 13 nitrogen and oxygen atoms in total. The highest BCUT2D eigenvalue weighted by Gasteiger charge is 2.40. The van der Waals surface area contributed by atoms with Crippen molar-refractivity contribution in [2.24, 2.45) is 11.3 Å². The standard InChI is InChI=1S/C43H51F2N5O8S/c1-42(2,3)39(34-18-29(31-19-30(44)12-13-32(31)45)23-48(34)20-27-10-8-7-9-11-27)50(22-28-16-17-47(21-28)41(57)58-43(4,5)6)38(54)26-59-25-33(40(55)56)46-35(51)24-49-36(52)14-15-37(49)53/h7-15,18-19,23,28,33,39H,16-17,20-22,24-26H2,1-6H3,(H,46,51)(H,55,56)/t28?,33-,39-/m0/s1. The van der Waals surface area contributed by atoms with Crippen molar-refractivity contribution in [1.29, 1.82) is 0 Å². The molecule has 5 amide bonds. The number of hydrogen-bond acceptors (Lipinski definition) is 8. The second-order valence-electron chi connectivity index (χ2n) is 16.9. The lowest BCUT2D eigenvalue weighted by Gasteiger charge is -2.42. The fraction of sp³-hybridized carbons (Fsp3) is 0.442. The molecule has 1 saturated heterocycles. The van der Waals surface area contributed by atoms with Gasteiger partial charge in [-0.2, -0.15) is 0 Å². The number of rotatable bonds is 15. The number of hydrogen-bond donors (Lipinski definition) is 2. The lowest BCUT2D eigenvalue weighted by Crippen LogP contribution is -2.48. The normalized spacial score (nSPS) is 16.6. The molecule has 0 spiro atoms. The van der Waals surface area contributed by atoms with Crippen LogP contribution < -0.4 is 5.32 Å². The number of aliphatic carboxylic acids is 1. The van der Waals surface area contributed by atoms with Crippen LogP contribution in [0.5, 0.6) is 0 Å². The number of aromatic nitrogens is 1.